The second kappa shape index (κ2) is 10.2. The van der Waals surface area contributed by atoms with Gasteiger partial charge in [0.05, 0.1) is 0 Å². The van der Waals surface area contributed by atoms with E-state index >= 15 is 0 Å². The van der Waals surface area contributed by atoms with Gasteiger partial charge in [0.1, 0.15) is 0 Å². The lowest BCUT2D eigenvalue weighted by Gasteiger charge is -2.18. The van der Waals surface area contributed by atoms with Crippen LogP contribution in [0.15, 0.2) is 0 Å². The fourth-order valence-electron chi connectivity index (χ4n) is 0.899. The van der Waals surface area contributed by atoms with Crippen molar-refractivity contribution >= 4 is 11.8 Å². The highest BCUT2D eigenvalue weighted by Crippen LogP contribution is 1.96. The van der Waals surface area contributed by atoms with Gasteiger partial charge in [-0.05, 0) is 0 Å². The lowest BCUT2D eigenvalue weighted by molar-refractivity contribution is -0.144. The zero-order valence-corrected chi connectivity index (χ0v) is 9.67. The van der Waals surface area contributed by atoms with E-state index in [2.05, 4.69) is 0 Å². The Morgan fingerprint density at radius 1 is 1.07 bits per heavy atom. The summed E-state index contributed by atoms with van der Waals surface area (Å²) in [5.74, 6) is -0.292. The minimum Gasteiger partial charge on any atom is -0.329 e. The predicted octanol–water partition coefficient (Wildman–Crippen LogP) is 1.15. The van der Waals surface area contributed by atoms with Crippen LogP contribution in [0.3, 0.4) is 0 Å². The maximum absolute atomic E-state index is 11.2. The maximum atomic E-state index is 11.2. The summed E-state index contributed by atoms with van der Waals surface area (Å²) in [5, 5.41) is 0. The Balaban J connectivity index is 0. The Morgan fingerprint density at radius 3 is 1.64 bits per heavy atom. The maximum Gasteiger partial charge on any atom is 0.228 e. The standard InChI is InChI=1S/C8H16N2O2.C2H6/c1-3-7(11)10(6-5-9)8(12)4-2;1-2/h3-6,9H2,1-2H3;1-2H3. The molecular weight excluding hydrogens is 180 g/mol. The first-order chi connectivity index (χ1) is 6.67. The molecule has 0 aromatic carbocycles. The molecule has 0 aromatic heterocycles. The number of hydrogen-bond acceptors (Lipinski definition) is 3. The SMILES string of the molecule is CC.CCC(=O)N(CCN)C(=O)CC. The van der Waals surface area contributed by atoms with Crippen molar-refractivity contribution in [3.63, 3.8) is 0 Å². The van der Waals surface area contributed by atoms with E-state index in [1.165, 1.54) is 4.90 Å². The molecule has 0 rings (SSSR count). The zero-order chi connectivity index (χ0) is 11.6. The molecular formula is C10H22N2O2. The van der Waals surface area contributed by atoms with Crippen molar-refractivity contribution in [3.05, 3.63) is 0 Å². The molecule has 0 aliphatic carbocycles. The van der Waals surface area contributed by atoms with Crippen molar-refractivity contribution in [1.29, 1.82) is 0 Å². The molecule has 4 nitrogen and oxygen atoms in total. The van der Waals surface area contributed by atoms with E-state index < -0.39 is 0 Å². The van der Waals surface area contributed by atoms with Gasteiger partial charge in [-0.25, -0.2) is 0 Å². The van der Waals surface area contributed by atoms with Crippen LogP contribution in [0, 0.1) is 0 Å². The minimum atomic E-state index is -0.146. The van der Waals surface area contributed by atoms with E-state index in [4.69, 9.17) is 5.73 Å². The molecule has 0 spiro atoms. The molecule has 2 N–H and O–H groups in total. The first-order valence-electron chi connectivity index (χ1n) is 5.20. The molecule has 0 aliphatic rings. The van der Waals surface area contributed by atoms with E-state index in [1.807, 2.05) is 13.8 Å². The molecule has 14 heavy (non-hydrogen) atoms. The van der Waals surface area contributed by atoms with Crippen LogP contribution in [0.5, 0.6) is 0 Å². The summed E-state index contributed by atoms with van der Waals surface area (Å²) in [6.45, 7) is 8.13. The number of carbonyl (C=O) groups is 2. The molecule has 0 fully saturated rings. The molecule has 0 heterocycles. The summed E-state index contributed by atoms with van der Waals surface area (Å²) < 4.78 is 0. The number of nitrogens with two attached hydrogens (primary N) is 1. The van der Waals surface area contributed by atoms with Gasteiger partial charge in [0.15, 0.2) is 0 Å². The Bertz CT molecular complexity index is 154. The molecule has 0 aromatic rings. The van der Waals surface area contributed by atoms with Crippen LogP contribution in [0.4, 0.5) is 0 Å². The largest absolute Gasteiger partial charge is 0.329 e. The smallest absolute Gasteiger partial charge is 0.228 e. The van der Waals surface area contributed by atoms with Crippen LogP contribution in [0.2, 0.25) is 0 Å². The third-order valence-corrected chi connectivity index (χ3v) is 1.56. The van der Waals surface area contributed by atoms with Crippen LogP contribution >= 0.6 is 0 Å². The van der Waals surface area contributed by atoms with Gasteiger partial charge in [-0.2, -0.15) is 0 Å². The van der Waals surface area contributed by atoms with Crippen molar-refractivity contribution in [1.82, 2.24) is 4.90 Å². The van der Waals surface area contributed by atoms with E-state index in [-0.39, 0.29) is 11.8 Å². The van der Waals surface area contributed by atoms with Gasteiger partial charge < -0.3 is 5.73 Å². The van der Waals surface area contributed by atoms with Crippen LogP contribution in [-0.2, 0) is 9.59 Å². The minimum absolute atomic E-state index is 0.146. The lowest BCUT2D eigenvalue weighted by Crippen LogP contribution is -2.39. The number of amides is 2. The van der Waals surface area contributed by atoms with E-state index in [0.717, 1.165) is 0 Å². The number of hydrogen-bond donors (Lipinski definition) is 1. The highest BCUT2D eigenvalue weighted by Gasteiger charge is 2.16. The van der Waals surface area contributed by atoms with Gasteiger partial charge in [-0.3, -0.25) is 14.5 Å². The predicted molar refractivity (Wildman–Crippen MR) is 57.7 cm³/mol. The fourth-order valence-corrected chi connectivity index (χ4v) is 0.899. The summed E-state index contributed by atoms with van der Waals surface area (Å²) >= 11 is 0. The van der Waals surface area contributed by atoms with Gasteiger partial charge in [-0.1, -0.05) is 27.7 Å². The van der Waals surface area contributed by atoms with Crippen LogP contribution in [-0.4, -0.2) is 29.8 Å². The van der Waals surface area contributed by atoms with E-state index in [0.29, 0.717) is 25.9 Å². The van der Waals surface area contributed by atoms with E-state index in [1.54, 1.807) is 13.8 Å². The highest BCUT2D eigenvalue weighted by atomic mass is 16.2. The Morgan fingerprint density at radius 2 is 1.43 bits per heavy atom. The lowest BCUT2D eigenvalue weighted by atomic mass is 10.3. The van der Waals surface area contributed by atoms with Crippen molar-refractivity contribution in [3.8, 4) is 0 Å². The van der Waals surface area contributed by atoms with Gasteiger partial charge in [0, 0.05) is 25.9 Å². The molecule has 4 heteroatoms. The molecule has 0 atom stereocenters. The van der Waals surface area contributed by atoms with Crippen LogP contribution in [0.25, 0.3) is 0 Å². The third-order valence-electron chi connectivity index (χ3n) is 1.56. The molecule has 2 amide bonds. The van der Waals surface area contributed by atoms with Gasteiger partial charge in [0.2, 0.25) is 11.8 Å². The Labute approximate surface area is 86.5 Å². The molecule has 0 saturated heterocycles. The third kappa shape index (κ3) is 5.70. The summed E-state index contributed by atoms with van der Waals surface area (Å²) in [4.78, 5) is 23.5. The van der Waals surface area contributed by atoms with Crippen molar-refractivity contribution in [2.45, 2.75) is 40.5 Å². The van der Waals surface area contributed by atoms with E-state index in [9.17, 15) is 9.59 Å². The summed E-state index contributed by atoms with van der Waals surface area (Å²) in [5.41, 5.74) is 5.27. The average Bonchev–Trinajstić information content (AvgIpc) is 2.26. The van der Waals surface area contributed by atoms with Crippen LogP contribution < -0.4 is 5.73 Å². The molecule has 0 radical (unpaired) electrons. The molecule has 0 saturated carbocycles. The zero-order valence-electron chi connectivity index (χ0n) is 9.67. The number of imide groups is 1. The molecule has 84 valence electrons. The topological polar surface area (TPSA) is 63.4 Å². The molecule has 0 aliphatic heterocycles. The van der Waals surface area contributed by atoms with Gasteiger partial charge >= 0.3 is 0 Å². The summed E-state index contributed by atoms with van der Waals surface area (Å²) in [6.07, 6.45) is 0.706. The second-order valence-electron chi connectivity index (χ2n) is 2.43. The fraction of sp³-hybridized carbons (Fsp3) is 0.800. The van der Waals surface area contributed by atoms with Gasteiger partial charge in [-0.15, -0.1) is 0 Å². The number of rotatable bonds is 4. The molecule has 0 bridgehead atoms. The summed E-state index contributed by atoms with van der Waals surface area (Å²) in [6, 6.07) is 0. The van der Waals surface area contributed by atoms with Gasteiger partial charge in [0.25, 0.3) is 0 Å². The normalized spacial score (nSPS) is 8.64. The first-order valence-corrected chi connectivity index (χ1v) is 5.20. The monoisotopic (exact) mass is 202 g/mol. The Kier molecular flexibility index (Phi) is 11.3. The number of nitrogens with zero attached hydrogens (tertiary/aromatic N) is 1. The number of carbonyl (C=O) groups excluding carboxylic acids is 2. The van der Waals surface area contributed by atoms with Crippen molar-refractivity contribution in [2.75, 3.05) is 13.1 Å². The quantitative estimate of drug-likeness (QED) is 0.743. The highest BCUT2D eigenvalue weighted by molar-refractivity contribution is 5.95. The first kappa shape index (κ1) is 15.6. The Hall–Kier alpha value is -0.900. The van der Waals surface area contributed by atoms with Crippen LogP contribution in [0.1, 0.15) is 40.5 Å². The van der Waals surface area contributed by atoms with Crippen molar-refractivity contribution in [2.24, 2.45) is 5.73 Å². The average molecular weight is 202 g/mol. The second-order valence-corrected chi connectivity index (χ2v) is 2.43. The van der Waals surface area contributed by atoms with Crippen molar-refractivity contribution < 1.29 is 9.59 Å². The summed E-state index contributed by atoms with van der Waals surface area (Å²) in [7, 11) is 0. The molecule has 0 unspecified atom stereocenters.